The van der Waals surface area contributed by atoms with Gasteiger partial charge >= 0.3 is 6.61 Å². The summed E-state index contributed by atoms with van der Waals surface area (Å²) in [7, 11) is 1.87. The Balaban J connectivity index is 2.02. The second kappa shape index (κ2) is 5.20. The summed E-state index contributed by atoms with van der Waals surface area (Å²) in [6.45, 7) is -1.16. The minimum Gasteiger partial charge on any atom is -0.435 e. The lowest BCUT2D eigenvalue weighted by Crippen LogP contribution is -2.23. The molecule has 0 amide bonds. The summed E-state index contributed by atoms with van der Waals surface area (Å²) in [5, 5.41) is 7.75. The molecule has 1 N–H and O–H groups in total. The quantitative estimate of drug-likeness (QED) is 0.937. The standard InChI is InChI=1S/C14H15F2N3O/c1-19-13(11-5-6-17-8-12(11)18-19)9-3-2-4-10(7-9)20-14(15)16/h2-4,7,14,17H,5-6,8H2,1H3. The molecule has 0 saturated heterocycles. The van der Waals surface area contributed by atoms with Crippen LogP contribution in [0, 0.1) is 0 Å². The Labute approximate surface area is 115 Å². The molecule has 1 aliphatic rings. The van der Waals surface area contributed by atoms with Crippen molar-refractivity contribution in [3.63, 3.8) is 0 Å². The van der Waals surface area contributed by atoms with E-state index < -0.39 is 6.61 Å². The number of aromatic nitrogens is 2. The van der Waals surface area contributed by atoms with Gasteiger partial charge in [0.05, 0.1) is 11.4 Å². The molecular weight excluding hydrogens is 264 g/mol. The van der Waals surface area contributed by atoms with Crippen molar-refractivity contribution in [3.05, 3.63) is 35.5 Å². The van der Waals surface area contributed by atoms with Gasteiger partial charge in [-0.2, -0.15) is 13.9 Å². The normalized spacial score (nSPS) is 14.4. The van der Waals surface area contributed by atoms with Gasteiger partial charge in [-0.1, -0.05) is 12.1 Å². The maximum absolute atomic E-state index is 12.3. The van der Waals surface area contributed by atoms with E-state index in [1.807, 2.05) is 13.1 Å². The van der Waals surface area contributed by atoms with E-state index in [1.54, 1.807) is 16.8 Å². The van der Waals surface area contributed by atoms with Gasteiger partial charge in [0.25, 0.3) is 0 Å². The van der Waals surface area contributed by atoms with Gasteiger partial charge in [0.2, 0.25) is 0 Å². The molecule has 0 spiro atoms. The first-order valence-corrected chi connectivity index (χ1v) is 6.46. The van der Waals surface area contributed by atoms with Crippen LogP contribution in [0.2, 0.25) is 0 Å². The van der Waals surface area contributed by atoms with Gasteiger partial charge in [-0.15, -0.1) is 0 Å². The fourth-order valence-corrected chi connectivity index (χ4v) is 2.63. The molecule has 2 heterocycles. The zero-order valence-corrected chi connectivity index (χ0v) is 11.1. The predicted octanol–water partition coefficient (Wildman–Crippen LogP) is 2.33. The Morgan fingerprint density at radius 3 is 3.05 bits per heavy atom. The van der Waals surface area contributed by atoms with E-state index in [1.165, 1.54) is 11.6 Å². The van der Waals surface area contributed by atoms with Crippen LogP contribution in [-0.4, -0.2) is 22.9 Å². The second-order valence-electron chi connectivity index (χ2n) is 4.73. The maximum atomic E-state index is 12.3. The van der Waals surface area contributed by atoms with Crippen LogP contribution in [-0.2, 0) is 20.0 Å². The van der Waals surface area contributed by atoms with E-state index in [9.17, 15) is 8.78 Å². The molecule has 0 fully saturated rings. The summed E-state index contributed by atoms with van der Waals surface area (Å²) in [5.41, 5.74) is 4.02. The second-order valence-corrected chi connectivity index (χ2v) is 4.73. The van der Waals surface area contributed by atoms with E-state index in [-0.39, 0.29) is 5.75 Å². The molecule has 2 aromatic rings. The van der Waals surface area contributed by atoms with Crippen LogP contribution < -0.4 is 10.1 Å². The Kier molecular flexibility index (Phi) is 3.40. The molecule has 3 rings (SSSR count). The zero-order valence-electron chi connectivity index (χ0n) is 11.1. The van der Waals surface area contributed by atoms with E-state index in [0.717, 1.165) is 36.5 Å². The summed E-state index contributed by atoms with van der Waals surface area (Å²) >= 11 is 0. The third-order valence-corrected chi connectivity index (χ3v) is 3.41. The third kappa shape index (κ3) is 2.38. The number of nitrogens with zero attached hydrogens (tertiary/aromatic N) is 2. The highest BCUT2D eigenvalue weighted by molar-refractivity contribution is 5.66. The monoisotopic (exact) mass is 279 g/mol. The van der Waals surface area contributed by atoms with Crippen LogP contribution in [0.25, 0.3) is 11.3 Å². The summed E-state index contributed by atoms with van der Waals surface area (Å²) in [5.74, 6) is 0.168. The van der Waals surface area contributed by atoms with Crippen molar-refractivity contribution in [2.24, 2.45) is 7.05 Å². The number of fused-ring (bicyclic) bond motifs is 1. The summed E-state index contributed by atoms with van der Waals surface area (Å²) < 4.78 is 30.9. The van der Waals surface area contributed by atoms with Crippen LogP contribution in [0.3, 0.4) is 0 Å². The Bertz CT molecular complexity index is 625. The molecule has 1 aliphatic heterocycles. The largest absolute Gasteiger partial charge is 0.435 e. The number of hydrogen-bond acceptors (Lipinski definition) is 3. The van der Waals surface area contributed by atoms with Gasteiger partial charge in [0, 0.05) is 24.7 Å². The molecule has 0 aliphatic carbocycles. The van der Waals surface area contributed by atoms with Gasteiger partial charge in [-0.3, -0.25) is 4.68 Å². The molecule has 0 radical (unpaired) electrons. The van der Waals surface area contributed by atoms with Crippen LogP contribution >= 0.6 is 0 Å². The minimum atomic E-state index is -2.81. The first kappa shape index (κ1) is 13.1. The van der Waals surface area contributed by atoms with Crippen molar-refractivity contribution in [2.45, 2.75) is 19.6 Å². The van der Waals surface area contributed by atoms with Crippen LogP contribution in [0.15, 0.2) is 24.3 Å². The van der Waals surface area contributed by atoms with E-state index in [2.05, 4.69) is 15.2 Å². The predicted molar refractivity (Wildman–Crippen MR) is 70.7 cm³/mol. The average molecular weight is 279 g/mol. The summed E-state index contributed by atoms with van der Waals surface area (Å²) in [6, 6.07) is 6.76. The molecule has 20 heavy (non-hydrogen) atoms. The minimum absolute atomic E-state index is 0.168. The van der Waals surface area contributed by atoms with Gasteiger partial charge in [0.1, 0.15) is 5.75 Å². The zero-order chi connectivity index (χ0) is 14.1. The Morgan fingerprint density at radius 2 is 2.25 bits per heavy atom. The third-order valence-electron chi connectivity index (χ3n) is 3.41. The number of aryl methyl sites for hydroxylation is 1. The molecule has 0 unspecified atom stereocenters. The van der Waals surface area contributed by atoms with Crippen LogP contribution in [0.4, 0.5) is 8.78 Å². The molecule has 0 saturated carbocycles. The number of ether oxygens (including phenoxy) is 1. The van der Waals surface area contributed by atoms with Gasteiger partial charge < -0.3 is 10.1 Å². The first-order valence-electron chi connectivity index (χ1n) is 6.46. The van der Waals surface area contributed by atoms with Gasteiger partial charge in [-0.25, -0.2) is 0 Å². The van der Waals surface area contributed by atoms with Crippen LogP contribution in [0.5, 0.6) is 5.75 Å². The number of benzene rings is 1. The maximum Gasteiger partial charge on any atom is 0.387 e. The number of rotatable bonds is 3. The fourth-order valence-electron chi connectivity index (χ4n) is 2.63. The molecule has 1 aromatic carbocycles. The lowest BCUT2D eigenvalue weighted by atomic mass is 10.0. The molecular formula is C14H15F2N3O. The lowest BCUT2D eigenvalue weighted by Gasteiger charge is -2.13. The molecule has 1 aromatic heterocycles. The molecule has 4 nitrogen and oxygen atoms in total. The van der Waals surface area contributed by atoms with E-state index in [0.29, 0.717) is 0 Å². The van der Waals surface area contributed by atoms with E-state index >= 15 is 0 Å². The first-order chi connectivity index (χ1) is 9.65. The number of nitrogens with one attached hydrogen (secondary N) is 1. The number of alkyl halides is 2. The summed E-state index contributed by atoms with van der Waals surface area (Å²) in [4.78, 5) is 0. The Hall–Kier alpha value is -1.95. The highest BCUT2D eigenvalue weighted by Crippen LogP contribution is 2.30. The fraction of sp³-hybridized carbons (Fsp3) is 0.357. The number of halogens is 2. The molecule has 106 valence electrons. The van der Waals surface area contributed by atoms with Gasteiger partial charge in [-0.05, 0) is 25.1 Å². The topological polar surface area (TPSA) is 39.1 Å². The van der Waals surface area contributed by atoms with Crippen molar-refractivity contribution in [3.8, 4) is 17.0 Å². The lowest BCUT2D eigenvalue weighted by molar-refractivity contribution is -0.0498. The van der Waals surface area contributed by atoms with Crippen molar-refractivity contribution in [2.75, 3.05) is 6.54 Å². The highest BCUT2D eigenvalue weighted by atomic mass is 19.3. The van der Waals surface area contributed by atoms with E-state index in [4.69, 9.17) is 0 Å². The van der Waals surface area contributed by atoms with Crippen LogP contribution in [0.1, 0.15) is 11.3 Å². The molecule has 6 heteroatoms. The molecule has 0 bridgehead atoms. The van der Waals surface area contributed by atoms with Crippen molar-refractivity contribution in [1.29, 1.82) is 0 Å². The van der Waals surface area contributed by atoms with Crippen molar-refractivity contribution < 1.29 is 13.5 Å². The molecule has 0 atom stereocenters. The number of hydrogen-bond donors (Lipinski definition) is 1. The smallest absolute Gasteiger partial charge is 0.387 e. The highest BCUT2D eigenvalue weighted by Gasteiger charge is 2.20. The summed E-state index contributed by atoms with van der Waals surface area (Å²) in [6.07, 6.45) is 0.887. The van der Waals surface area contributed by atoms with Crippen molar-refractivity contribution >= 4 is 0 Å². The van der Waals surface area contributed by atoms with Gasteiger partial charge in [0.15, 0.2) is 0 Å². The Morgan fingerprint density at radius 1 is 1.40 bits per heavy atom. The van der Waals surface area contributed by atoms with Crippen molar-refractivity contribution in [1.82, 2.24) is 15.1 Å². The average Bonchev–Trinajstić information content (AvgIpc) is 2.74. The SMILES string of the molecule is Cn1nc2c(c1-c1cccc(OC(F)F)c1)CCNC2.